The Morgan fingerprint density at radius 3 is 2.75 bits per heavy atom. The molecule has 1 aromatic carbocycles. The van der Waals surface area contributed by atoms with Crippen LogP contribution in [-0.4, -0.2) is 51.7 Å². The van der Waals surface area contributed by atoms with E-state index in [0.29, 0.717) is 0 Å². The monoisotopic (exact) mass is 397 g/mol. The number of nitrogens with zero attached hydrogens (tertiary/aromatic N) is 3. The van der Waals surface area contributed by atoms with Crippen LogP contribution in [0.25, 0.3) is 0 Å². The molecule has 8 nitrogen and oxygen atoms in total. The molecule has 28 heavy (non-hydrogen) atoms. The molecular weight excluding hydrogens is 379 g/mol. The third kappa shape index (κ3) is 3.98. The van der Waals surface area contributed by atoms with E-state index in [-0.39, 0.29) is 24.9 Å². The second-order valence-electron chi connectivity index (χ2n) is 6.36. The molecule has 0 aliphatic carbocycles. The molecule has 1 aliphatic rings. The lowest BCUT2D eigenvalue weighted by atomic mass is 9.94. The number of aryl methyl sites for hydroxylation is 1. The highest BCUT2D eigenvalue weighted by Gasteiger charge is 2.41. The van der Waals surface area contributed by atoms with Gasteiger partial charge in [-0.05, 0) is 18.1 Å². The molecule has 0 radical (unpaired) electrons. The minimum atomic E-state index is -4.68. The standard InChI is InChI=1S/C17H18F3N5O3/c1-9-5-3-4-6-10(9)13-14(28-8-12(26)25(13)2)15(27)21-7-11-22-16(24-23-11)17(18,19)20/h3-6,13-14H,7-8H2,1-2H3,(H,21,27)(H,22,23,24)/t13-,14+/m1/s1. The smallest absolute Gasteiger partial charge is 0.356 e. The van der Waals surface area contributed by atoms with Gasteiger partial charge in [-0.15, -0.1) is 5.10 Å². The zero-order chi connectivity index (χ0) is 20.5. The van der Waals surface area contributed by atoms with Crippen molar-refractivity contribution in [1.29, 1.82) is 0 Å². The Bertz CT molecular complexity index is 883. The number of morpholine rings is 1. The fourth-order valence-corrected chi connectivity index (χ4v) is 2.99. The number of hydrogen-bond donors (Lipinski definition) is 2. The molecule has 1 aromatic heterocycles. The Balaban J connectivity index is 1.76. The van der Waals surface area contributed by atoms with Gasteiger partial charge in [0.15, 0.2) is 6.10 Å². The van der Waals surface area contributed by atoms with E-state index in [0.717, 1.165) is 11.1 Å². The van der Waals surface area contributed by atoms with Crippen molar-refractivity contribution in [2.75, 3.05) is 13.7 Å². The fourth-order valence-electron chi connectivity index (χ4n) is 2.99. The van der Waals surface area contributed by atoms with Gasteiger partial charge in [-0.2, -0.15) is 13.2 Å². The van der Waals surface area contributed by atoms with E-state index in [1.165, 1.54) is 4.90 Å². The quantitative estimate of drug-likeness (QED) is 0.811. The summed E-state index contributed by atoms with van der Waals surface area (Å²) in [6.07, 6.45) is -5.70. The molecule has 1 aliphatic heterocycles. The van der Waals surface area contributed by atoms with Crippen LogP contribution in [-0.2, 0) is 27.0 Å². The Morgan fingerprint density at radius 1 is 1.39 bits per heavy atom. The van der Waals surface area contributed by atoms with Crippen LogP contribution in [0.15, 0.2) is 24.3 Å². The summed E-state index contributed by atoms with van der Waals surface area (Å²) in [5, 5.41) is 7.70. The van der Waals surface area contributed by atoms with Crippen LogP contribution in [0, 0.1) is 6.92 Å². The molecule has 2 N–H and O–H groups in total. The Labute approximate surface area is 158 Å². The number of benzene rings is 1. The van der Waals surface area contributed by atoms with Crippen LogP contribution in [0.1, 0.15) is 28.8 Å². The topological polar surface area (TPSA) is 100 Å². The van der Waals surface area contributed by atoms with Crippen LogP contribution in [0.2, 0.25) is 0 Å². The average molecular weight is 397 g/mol. The lowest BCUT2D eigenvalue weighted by Crippen LogP contribution is -2.53. The van der Waals surface area contributed by atoms with E-state index >= 15 is 0 Å². The SMILES string of the molecule is Cc1ccccc1[C@@H]1[C@@H](C(=O)NCc2nc(C(F)(F)F)n[nH]2)OCC(=O)N1C. The van der Waals surface area contributed by atoms with Gasteiger partial charge >= 0.3 is 6.18 Å². The highest BCUT2D eigenvalue weighted by Crippen LogP contribution is 2.31. The maximum absolute atomic E-state index is 12.7. The summed E-state index contributed by atoms with van der Waals surface area (Å²) in [6, 6.07) is 6.61. The summed E-state index contributed by atoms with van der Waals surface area (Å²) in [5.74, 6) is -2.30. The first kappa shape index (κ1) is 19.8. The fraction of sp³-hybridized carbons (Fsp3) is 0.412. The maximum Gasteiger partial charge on any atom is 0.453 e. The number of carbonyl (C=O) groups excluding carboxylic acids is 2. The van der Waals surface area contributed by atoms with E-state index in [2.05, 4.69) is 20.5 Å². The first-order valence-corrected chi connectivity index (χ1v) is 8.37. The van der Waals surface area contributed by atoms with Crippen molar-refractivity contribution in [2.24, 2.45) is 0 Å². The van der Waals surface area contributed by atoms with Crippen molar-refractivity contribution in [3.63, 3.8) is 0 Å². The molecule has 2 amide bonds. The molecule has 11 heteroatoms. The van der Waals surface area contributed by atoms with E-state index in [4.69, 9.17) is 4.74 Å². The highest BCUT2D eigenvalue weighted by atomic mass is 19.4. The van der Waals surface area contributed by atoms with Crippen molar-refractivity contribution in [3.8, 4) is 0 Å². The number of hydrogen-bond acceptors (Lipinski definition) is 5. The number of alkyl halides is 3. The van der Waals surface area contributed by atoms with Gasteiger partial charge in [-0.1, -0.05) is 24.3 Å². The van der Waals surface area contributed by atoms with Crippen LogP contribution >= 0.6 is 0 Å². The molecule has 150 valence electrons. The van der Waals surface area contributed by atoms with Crippen molar-refractivity contribution < 1.29 is 27.5 Å². The molecule has 0 spiro atoms. The van der Waals surface area contributed by atoms with Gasteiger partial charge in [-0.25, -0.2) is 4.98 Å². The number of aromatic amines is 1. The maximum atomic E-state index is 12.7. The molecule has 2 atom stereocenters. The number of carbonyl (C=O) groups is 2. The number of nitrogens with one attached hydrogen (secondary N) is 2. The second-order valence-corrected chi connectivity index (χ2v) is 6.36. The lowest BCUT2D eigenvalue weighted by molar-refractivity contribution is -0.162. The van der Waals surface area contributed by atoms with Gasteiger partial charge < -0.3 is 15.0 Å². The predicted octanol–water partition coefficient (Wildman–Crippen LogP) is 1.35. The van der Waals surface area contributed by atoms with Crippen molar-refractivity contribution in [3.05, 3.63) is 47.0 Å². The van der Waals surface area contributed by atoms with Crippen LogP contribution in [0.3, 0.4) is 0 Å². The summed E-state index contributed by atoms with van der Waals surface area (Å²) in [4.78, 5) is 29.5. The highest BCUT2D eigenvalue weighted by molar-refractivity contribution is 5.86. The molecular formula is C17H18F3N5O3. The number of halogens is 3. The predicted molar refractivity (Wildman–Crippen MR) is 89.7 cm³/mol. The average Bonchev–Trinajstić information content (AvgIpc) is 3.12. The summed E-state index contributed by atoms with van der Waals surface area (Å²) in [7, 11) is 1.58. The lowest BCUT2D eigenvalue weighted by Gasteiger charge is -2.38. The van der Waals surface area contributed by atoms with Gasteiger partial charge in [0, 0.05) is 7.05 Å². The number of ether oxygens (including phenoxy) is 1. The third-order valence-corrected chi connectivity index (χ3v) is 4.46. The second kappa shape index (κ2) is 7.58. The first-order valence-electron chi connectivity index (χ1n) is 8.37. The van der Waals surface area contributed by atoms with Crippen molar-refractivity contribution in [2.45, 2.75) is 31.8 Å². The number of rotatable bonds is 4. The largest absolute Gasteiger partial charge is 0.453 e. The third-order valence-electron chi connectivity index (χ3n) is 4.46. The van der Waals surface area contributed by atoms with Crippen LogP contribution in [0.5, 0.6) is 0 Å². The molecule has 0 saturated carbocycles. The number of aromatic nitrogens is 3. The molecule has 1 saturated heterocycles. The number of likely N-dealkylation sites (N-methyl/N-ethyl adjacent to an activating group) is 1. The molecule has 0 bridgehead atoms. The minimum absolute atomic E-state index is 0.145. The summed E-state index contributed by atoms with van der Waals surface area (Å²) in [6.45, 7) is 1.29. The van der Waals surface area contributed by atoms with E-state index in [9.17, 15) is 22.8 Å². The van der Waals surface area contributed by atoms with E-state index in [1.807, 2.05) is 19.1 Å². The van der Waals surface area contributed by atoms with Gasteiger partial charge in [0.25, 0.3) is 11.7 Å². The minimum Gasteiger partial charge on any atom is -0.356 e. The molecule has 1 fully saturated rings. The summed E-state index contributed by atoms with van der Waals surface area (Å²) in [5.41, 5.74) is 1.62. The molecule has 2 heterocycles. The van der Waals surface area contributed by atoms with E-state index in [1.54, 1.807) is 19.2 Å². The molecule has 3 rings (SSSR count). The van der Waals surface area contributed by atoms with Crippen molar-refractivity contribution in [1.82, 2.24) is 25.4 Å². The van der Waals surface area contributed by atoms with Gasteiger partial charge in [0.05, 0.1) is 12.6 Å². The Kier molecular flexibility index (Phi) is 5.36. The van der Waals surface area contributed by atoms with Gasteiger partial charge in [0.2, 0.25) is 5.91 Å². The number of amides is 2. The van der Waals surface area contributed by atoms with Gasteiger partial charge in [-0.3, -0.25) is 14.7 Å². The Morgan fingerprint density at radius 2 is 2.11 bits per heavy atom. The van der Waals surface area contributed by atoms with Gasteiger partial charge in [0.1, 0.15) is 12.4 Å². The zero-order valence-corrected chi connectivity index (χ0v) is 15.1. The summed E-state index contributed by atoms with van der Waals surface area (Å²) < 4.78 is 43.1. The van der Waals surface area contributed by atoms with Crippen LogP contribution in [0.4, 0.5) is 13.2 Å². The Hall–Kier alpha value is -2.95. The molecule has 2 aromatic rings. The van der Waals surface area contributed by atoms with Crippen molar-refractivity contribution >= 4 is 11.8 Å². The molecule has 0 unspecified atom stereocenters. The zero-order valence-electron chi connectivity index (χ0n) is 15.1. The van der Waals surface area contributed by atoms with E-state index < -0.39 is 30.1 Å². The summed E-state index contributed by atoms with van der Waals surface area (Å²) >= 11 is 0. The number of H-pyrrole nitrogens is 1. The normalized spacial score (nSPS) is 20.3. The van der Waals surface area contributed by atoms with Crippen LogP contribution < -0.4 is 5.32 Å². The first-order chi connectivity index (χ1) is 13.2.